The van der Waals surface area contributed by atoms with Crippen molar-refractivity contribution >= 4 is 17.6 Å². The Morgan fingerprint density at radius 1 is 1.21 bits per heavy atom. The fourth-order valence-corrected chi connectivity index (χ4v) is 1.63. The van der Waals surface area contributed by atoms with E-state index in [2.05, 4.69) is 10.5 Å². The standard InChI is InChI=1S/C14H14N2O3/c1-10(17)7-8-13(18)16-14-12(9-15-19-14)11-5-3-2-4-6-11/h2-6,9H,7-8H2,1H3,(H,16,18). The molecule has 1 amide bonds. The maximum absolute atomic E-state index is 11.6. The lowest BCUT2D eigenvalue weighted by Crippen LogP contribution is -2.12. The van der Waals surface area contributed by atoms with E-state index < -0.39 is 0 Å². The van der Waals surface area contributed by atoms with Crippen molar-refractivity contribution in [1.29, 1.82) is 0 Å². The molecule has 5 nitrogen and oxygen atoms in total. The van der Waals surface area contributed by atoms with Crippen LogP contribution in [0.1, 0.15) is 19.8 Å². The van der Waals surface area contributed by atoms with Crippen LogP contribution in [0.5, 0.6) is 0 Å². The number of Topliss-reactive ketones (excluding diaryl/α,β-unsaturated/α-hetero) is 1. The quantitative estimate of drug-likeness (QED) is 0.894. The smallest absolute Gasteiger partial charge is 0.239 e. The zero-order valence-corrected chi connectivity index (χ0v) is 10.6. The molecule has 0 saturated heterocycles. The molecule has 1 aromatic carbocycles. The molecule has 0 bridgehead atoms. The number of nitrogens with one attached hydrogen (secondary N) is 1. The third-order valence-corrected chi connectivity index (χ3v) is 2.61. The number of hydrogen-bond acceptors (Lipinski definition) is 4. The van der Waals surface area contributed by atoms with Crippen LogP contribution in [0, 0.1) is 0 Å². The number of benzene rings is 1. The van der Waals surface area contributed by atoms with Crippen molar-refractivity contribution in [3.8, 4) is 11.1 Å². The van der Waals surface area contributed by atoms with Gasteiger partial charge in [0.1, 0.15) is 5.78 Å². The topological polar surface area (TPSA) is 72.2 Å². The van der Waals surface area contributed by atoms with E-state index in [1.54, 1.807) is 6.20 Å². The third kappa shape index (κ3) is 3.51. The van der Waals surface area contributed by atoms with E-state index in [0.717, 1.165) is 11.1 Å². The number of ketones is 1. The largest absolute Gasteiger partial charge is 0.338 e. The summed E-state index contributed by atoms with van der Waals surface area (Å²) in [6.45, 7) is 1.46. The Labute approximate surface area is 110 Å². The van der Waals surface area contributed by atoms with Crippen molar-refractivity contribution in [2.45, 2.75) is 19.8 Å². The summed E-state index contributed by atoms with van der Waals surface area (Å²) in [7, 11) is 0. The number of hydrogen-bond donors (Lipinski definition) is 1. The Balaban J connectivity index is 2.08. The Morgan fingerprint density at radius 2 is 1.95 bits per heavy atom. The lowest BCUT2D eigenvalue weighted by Gasteiger charge is -2.03. The number of carbonyl (C=O) groups excluding carboxylic acids is 2. The van der Waals surface area contributed by atoms with E-state index in [1.807, 2.05) is 30.3 Å². The number of carbonyl (C=O) groups is 2. The van der Waals surface area contributed by atoms with Gasteiger partial charge in [0, 0.05) is 12.8 Å². The number of anilines is 1. The van der Waals surface area contributed by atoms with Crippen LogP contribution < -0.4 is 5.32 Å². The van der Waals surface area contributed by atoms with Gasteiger partial charge in [0.15, 0.2) is 0 Å². The minimum Gasteiger partial charge on any atom is -0.338 e. The average Bonchev–Trinajstić information content (AvgIpc) is 2.85. The van der Waals surface area contributed by atoms with Gasteiger partial charge in [-0.3, -0.25) is 10.1 Å². The average molecular weight is 258 g/mol. The SMILES string of the molecule is CC(=O)CCC(=O)Nc1oncc1-c1ccccc1. The highest BCUT2D eigenvalue weighted by atomic mass is 16.5. The second-order valence-electron chi connectivity index (χ2n) is 4.18. The highest BCUT2D eigenvalue weighted by Gasteiger charge is 2.13. The lowest BCUT2D eigenvalue weighted by atomic mass is 10.1. The van der Waals surface area contributed by atoms with Crippen LogP contribution in [0.2, 0.25) is 0 Å². The molecule has 0 aliphatic heterocycles. The summed E-state index contributed by atoms with van der Waals surface area (Å²) in [6.07, 6.45) is 1.92. The van der Waals surface area contributed by atoms with Gasteiger partial charge in [0.2, 0.25) is 11.8 Å². The normalized spacial score (nSPS) is 10.2. The van der Waals surface area contributed by atoms with Crippen LogP contribution >= 0.6 is 0 Å². The summed E-state index contributed by atoms with van der Waals surface area (Å²) in [5, 5.41) is 6.31. The fraction of sp³-hybridized carbons (Fsp3) is 0.214. The zero-order chi connectivity index (χ0) is 13.7. The Hall–Kier alpha value is -2.43. The first-order chi connectivity index (χ1) is 9.16. The predicted molar refractivity (Wildman–Crippen MR) is 70.5 cm³/mol. The van der Waals surface area contributed by atoms with Gasteiger partial charge in [0.25, 0.3) is 0 Å². The van der Waals surface area contributed by atoms with Crippen molar-refractivity contribution in [2.75, 3.05) is 5.32 Å². The van der Waals surface area contributed by atoms with E-state index in [4.69, 9.17) is 4.52 Å². The highest BCUT2D eigenvalue weighted by Crippen LogP contribution is 2.27. The molecule has 1 heterocycles. The molecule has 0 aliphatic carbocycles. The van der Waals surface area contributed by atoms with Gasteiger partial charge in [-0.15, -0.1) is 0 Å². The first-order valence-corrected chi connectivity index (χ1v) is 5.96. The van der Waals surface area contributed by atoms with Gasteiger partial charge in [-0.2, -0.15) is 0 Å². The minimum absolute atomic E-state index is 0.0176. The lowest BCUT2D eigenvalue weighted by molar-refractivity contribution is -0.121. The summed E-state index contributed by atoms with van der Waals surface area (Å²) in [5.74, 6) is 0.0277. The van der Waals surface area contributed by atoms with Crippen molar-refractivity contribution in [2.24, 2.45) is 0 Å². The molecular weight excluding hydrogens is 244 g/mol. The van der Waals surface area contributed by atoms with Crippen LogP contribution in [0.15, 0.2) is 41.1 Å². The maximum Gasteiger partial charge on any atom is 0.239 e. The summed E-state index contributed by atoms with van der Waals surface area (Å²) in [4.78, 5) is 22.5. The van der Waals surface area contributed by atoms with E-state index in [1.165, 1.54) is 6.92 Å². The van der Waals surface area contributed by atoms with Crippen molar-refractivity contribution < 1.29 is 14.1 Å². The summed E-state index contributed by atoms with van der Waals surface area (Å²) in [5.41, 5.74) is 1.63. The Morgan fingerprint density at radius 3 is 2.63 bits per heavy atom. The predicted octanol–water partition coefficient (Wildman–Crippen LogP) is 2.65. The summed E-state index contributed by atoms with van der Waals surface area (Å²) in [6, 6.07) is 9.49. The molecular formula is C14H14N2O3. The van der Waals surface area contributed by atoms with Crippen LogP contribution in [0.25, 0.3) is 11.1 Å². The van der Waals surface area contributed by atoms with Gasteiger partial charge in [-0.1, -0.05) is 35.5 Å². The molecule has 19 heavy (non-hydrogen) atoms. The molecule has 0 spiro atoms. The molecule has 5 heteroatoms. The molecule has 0 aliphatic rings. The molecule has 0 atom stereocenters. The molecule has 2 rings (SSSR count). The zero-order valence-electron chi connectivity index (χ0n) is 10.6. The molecule has 1 N–H and O–H groups in total. The van der Waals surface area contributed by atoms with Crippen LogP contribution in [-0.2, 0) is 9.59 Å². The van der Waals surface area contributed by atoms with Gasteiger partial charge < -0.3 is 9.32 Å². The fourth-order valence-electron chi connectivity index (χ4n) is 1.63. The van der Waals surface area contributed by atoms with Gasteiger partial charge >= 0.3 is 0 Å². The number of amides is 1. The summed E-state index contributed by atoms with van der Waals surface area (Å²) < 4.78 is 5.03. The van der Waals surface area contributed by atoms with Crippen molar-refractivity contribution in [3.05, 3.63) is 36.5 Å². The third-order valence-electron chi connectivity index (χ3n) is 2.61. The second-order valence-corrected chi connectivity index (χ2v) is 4.18. The monoisotopic (exact) mass is 258 g/mol. The Bertz CT molecular complexity index is 575. The van der Waals surface area contributed by atoms with Crippen molar-refractivity contribution in [1.82, 2.24) is 5.16 Å². The maximum atomic E-state index is 11.6. The highest BCUT2D eigenvalue weighted by molar-refractivity contribution is 5.95. The molecule has 0 radical (unpaired) electrons. The molecule has 98 valence electrons. The number of nitrogens with zero attached hydrogens (tertiary/aromatic N) is 1. The van der Waals surface area contributed by atoms with Crippen LogP contribution in [0.4, 0.5) is 5.88 Å². The van der Waals surface area contributed by atoms with Gasteiger partial charge in [-0.25, -0.2) is 0 Å². The van der Waals surface area contributed by atoms with Crippen LogP contribution in [0.3, 0.4) is 0 Å². The first-order valence-electron chi connectivity index (χ1n) is 5.96. The molecule has 0 unspecified atom stereocenters. The Kier molecular flexibility index (Phi) is 4.07. The first kappa shape index (κ1) is 13.0. The van der Waals surface area contributed by atoms with E-state index in [0.29, 0.717) is 5.88 Å². The van der Waals surface area contributed by atoms with E-state index in [-0.39, 0.29) is 24.5 Å². The van der Waals surface area contributed by atoms with E-state index >= 15 is 0 Å². The molecule has 1 aromatic heterocycles. The van der Waals surface area contributed by atoms with Crippen LogP contribution in [-0.4, -0.2) is 16.8 Å². The van der Waals surface area contributed by atoms with Crippen molar-refractivity contribution in [3.63, 3.8) is 0 Å². The minimum atomic E-state index is -0.260. The molecule has 0 fully saturated rings. The van der Waals surface area contributed by atoms with E-state index in [9.17, 15) is 9.59 Å². The number of aromatic nitrogens is 1. The van der Waals surface area contributed by atoms with Gasteiger partial charge in [-0.05, 0) is 12.5 Å². The number of rotatable bonds is 5. The van der Waals surface area contributed by atoms with Gasteiger partial charge in [0.05, 0.1) is 11.8 Å². The molecule has 0 saturated carbocycles. The summed E-state index contributed by atoms with van der Waals surface area (Å²) >= 11 is 0. The molecule has 2 aromatic rings. The second kappa shape index (κ2) is 5.95.